The summed E-state index contributed by atoms with van der Waals surface area (Å²) in [5, 5.41) is 13.9. The molecule has 1 aromatic rings. The first-order valence-corrected chi connectivity index (χ1v) is 6.50. The second kappa shape index (κ2) is 7.47. The third-order valence-corrected chi connectivity index (χ3v) is 3.28. The number of aromatic nitrogens is 2. The van der Waals surface area contributed by atoms with Crippen LogP contribution in [0.15, 0.2) is 0 Å². The molecule has 0 spiro atoms. The lowest BCUT2D eigenvalue weighted by atomic mass is 10.3. The van der Waals surface area contributed by atoms with Crippen LogP contribution in [0, 0.1) is 0 Å². The van der Waals surface area contributed by atoms with Gasteiger partial charge in [-0.05, 0) is 6.42 Å². The Morgan fingerprint density at radius 1 is 1.58 bits per heavy atom. The Kier molecular flexibility index (Phi) is 6.27. The van der Waals surface area contributed by atoms with Crippen LogP contribution in [0.2, 0.25) is 5.02 Å². The van der Waals surface area contributed by atoms with Crippen molar-refractivity contribution >= 4 is 17.6 Å². The average molecular weight is 290 g/mol. The maximum absolute atomic E-state index is 10.9. The first-order chi connectivity index (χ1) is 8.99. The van der Waals surface area contributed by atoms with Gasteiger partial charge in [-0.25, -0.2) is 0 Å². The fraction of sp³-hybridized carbons (Fsp3) is 0.667. The van der Waals surface area contributed by atoms with E-state index < -0.39 is 5.97 Å². The SMILES string of the molecule is CCc1nn(C)c(CN(CCOC)CC(=O)O)c1Cl. The summed E-state index contributed by atoms with van der Waals surface area (Å²) < 4.78 is 6.70. The molecule has 0 aliphatic carbocycles. The van der Waals surface area contributed by atoms with E-state index in [1.807, 2.05) is 14.0 Å². The monoisotopic (exact) mass is 289 g/mol. The van der Waals surface area contributed by atoms with Crippen LogP contribution in [0.3, 0.4) is 0 Å². The molecular weight excluding hydrogens is 270 g/mol. The predicted molar refractivity (Wildman–Crippen MR) is 72.4 cm³/mol. The largest absolute Gasteiger partial charge is 0.480 e. The van der Waals surface area contributed by atoms with Gasteiger partial charge in [0.15, 0.2) is 0 Å². The summed E-state index contributed by atoms with van der Waals surface area (Å²) in [6, 6.07) is 0. The number of carboxylic acid groups (broad SMARTS) is 1. The molecule has 0 atom stereocenters. The molecule has 0 aliphatic rings. The lowest BCUT2D eigenvalue weighted by Crippen LogP contribution is -2.33. The highest BCUT2D eigenvalue weighted by Crippen LogP contribution is 2.22. The molecule has 0 radical (unpaired) electrons. The minimum absolute atomic E-state index is 0.0493. The highest BCUT2D eigenvalue weighted by Gasteiger charge is 2.17. The third-order valence-electron chi connectivity index (χ3n) is 2.85. The van der Waals surface area contributed by atoms with Gasteiger partial charge in [-0.2, -0.15) is 5.10 Å². The summed E-state index contributed by atoms with van der Waals surface area (Å²) in [7, 11) is 3.40. The molecule has 108 valence electrons. The number of aliphatic carboxylic acids is 1. The van der Waals surface area contributed by atoms with Crippen LogP contribution < -0.4 is 0 Å². The molecule has 0 saturated carbocycles. The number of carboxylic acids is 1. The minimum Gasteiger partial charge on any atom is -0.480 e. The number of rotatable bonds is 8. The number of hydrogen-bond acceptors (Lipinski definition) is 4. The lowest BCUT2D eigenvalue weighted by Gasteiger charge is -2.19. The maximum atomic E-state index is 10.9. The van der Waals surface area contributed by atoms with Crippen molar-refractivity contribution in [2.24, 2.45) is 7.05 Å². The van der Waals surface area contributed by atoms with E-state index in [0.717, 1.165) is 17.8 Å². The van der Waals surface area contributed by atoms with Crippen LogP contribution >= 0.6 is 11.6 Å². The van der Waals surface area contributed by atoms with Crippen molar-refractivity contribution in [2.75, 3.05) is 26.8 Å². The fourth-order valence-corrected chi connectivity index (χ4v) is 2.18. The van der Waals surface area contributed by atoms with Gasteiger partial charge in [0.05, 0.1) is 29.6 Å². The van der Waals surface area contributed by atoms with Gasteiger partial charge in [0.2, 0.25) is 0 Å². The molecule has 7 heteroatoms. The zero-order valence-electron chi connectivity index (χ0n) is 11.5. The van der Waals surface area contributed by atoms with Gasteiger partial charge in [-0.3, -0.25) is 14.4 Å². The third kappa shape index (κ3) is 4.49. The second-order valence-corrected chi connectivity index (χ2v) is 4.66. The van der Waals surface area contributed by atoms with Crippen LogP contribution in [0.1, 0.15) is 18.3 Å². The van der Waals surface area contributed by atoms with E-state index in [9.17, 15) is 4.79 Å². The Morgan fingerprint density at radius 3 is 2.74 bits per heavy atom. The first-order valence-electron chi connectivity index (χ1n) is 6.12. The Balaban J connectivity index is 2.82. The molecule has 1 aromatic heterocycles. The van der Waals surface area contributed by atoms with Crippen LogP contribution in [0.5, 0.6) is 0 Å². The first kappa shape index (κ1) is 15.9. The van der Waals surface area contributed by atoms with Gasteiger partial charge >= 0.3 is 5.97 Å². The van der Waals surface area contributed by atoms with Crippen molar-refractivity contribution in [3.63, 3.8) is 0 Å². The Hall–Kier alpha value is -1.11. The zero-order chi connectivity index (χ0) is 14.4. The number of ether oxygens (including phenoxy) is 1. The van der Waals surface area contributed by atoms with Crippen molar-refractivity contribution in [1.29, 1.82) is 0 Å². The van der Waals surface area contributed by atoms with E-state index in [1.54, 1.807) is 16.7 Å². The fourth-order valence-electron chi connectivity index (χ4n) is 1.83. The van der Waals surface area contributed by atoms with Gasteiger partial charge in [0, 0.05) is 27.2 Å². The standard InChI is InChI=1S/C12H20ClN3O3/c1-4-9-12(13)10(15(2)14-9)7-16(5-6-19-3)8-11(17)18/h4-8H2,1-3H3,(H,17,18). The molecule has 0 amide bonds. The molecule has 0 unspecified atom stereocenters. The molecule has 1 heterocycles. The van der Waals surface area contributed by atoms with Gasteiger partial charge in [0.25, 0.3) is 0 Å². The molecule has 0 saturated heterocycles. The van der Waals surface area contributed by atoms with Crippen molar-refractivity contribution in [2.45, 2.75) is 19.9 Å². The van der Waals surface area contributed by atoms with Crippen LogP contribution in [0.4, 0.5) is 0 Å². The Labute approximate surface area is 117 Å². The number of hydrogen-bond donors (Lipinski definition) is 1. The molecule has 19 heavy (non-hydrogen) atoms. The van der Waals surface area contributed by atoms with Crippen molar-refractivity contribution in [3.8, 4) is 0 Å². The van der Waals surface area contributed by atoms with Gasteiger partial charge in [0.1, 0.15) is 0 Å². The zero-order valence-corrected chi connectivity index (χ0v) is 12.3. The smallest absolute Gasteiger partial charge is 0.317 e. The van der Waals surface area contributed by atoms with Crippen LogP contribution in [0.25, 0.3) is 0 Å². The number of methoxy groups -OCH3 is 1. The Bertz CT molecular complexity index is 434. The number of aryl methyl sites for hydroxylation is 2. The summed E-state index contributed by atoms with van der Waals surface area (Å²) in [4.78, 5) is 12.6. The van der Waals surface area contributed by atoms with E-state index in [-0.39, 0.29) is 6.54 Å². The molecule has 0 fully saturated rings. The van der Waals surface area contributed by atoms with E-state index in [1.165, 1.54) is 0 Å². The summed E-state index contributed by atoms with van der Waals surface area (Å²) >= 11 is 6.26. The highest BCUT2D eigenvalue weighted by atomic mass is 35.5. The second-order valence-electron chi connectivity index (χ2n) is 4.28. The van der Waals surface area contributed by atoms with Gasteiger partial charge in [-0.1, -0.05) is 18.5 Å². The van der Waals surface area contributed by atoms with Crippen molar-refractivity contribution < 1.29 is 14.6 Å². The van der Waals surface area contributed by atoms with E-state index in [0.29, 0.717) is 24.7 Å². The van der Waals surface area contributed by atoms with E-state index in [2.05, 4.69) is 5.10 Å². The molecule has 0 aromatic carbocycles. The number of nitrogens with zero attached hydrogens (tertiary/aromatic N) is 3. The number of carbonyl (C=O) groups is 1. The van der Waals surface area contributed by atoms with E-state index in [4.69, 9.17) is 21.4 Å². The summed E-state index contributed by atoms with van der Waals surface area (Å²) in [6.45, 7) is 3.39. The predicted octanol–water partition coefficient (Wildman–Crippen LogP) is 1.17. The summed E-state index contributed by atoms with van der Waals surface area (Å²) in [6.07, 6.45) is 0.754. The summed E-state index contributed by atoms with van der Waals surface area (Å²) in [5.41, 5.74) is 1.66. The molecule has 6 nitrogen and oxygen atoms in total. The van der Waals surface area contributed by atoms with E-state index >= 15 is 0 Å². The molecule has 0 aliphatic heterocycles. The van der Waals surface area contributed by atoms with Crippen LogP contribution in [-0.4, -0.2) is 52.6 Å². The van der Waals surface area contributed by atoms with Gasteiger partial charge < -0.3 is 9.84 Å². The average Bonchev–Trinajstić information content (AvgIpc) is 2.62. The number of halogens is 1. The molecule has 0 bridgehead atoms. The minimum atomic E-state index is -0.870. The highest BCUT2D eigenvalue weighted by molar-refractivity contribution is 6.31. The molecule has 1 rings (SSSR count). The van der Waals surface area contributed by atoms with Crippen molar-refractivity contribution in [1.82, 2.24) is 14.7 Å². The molecule has 1 N–H and O–H groups in total. The molecular formula is C12H20ClN3O3. The summed E-state index contributed by atoms with van der Waals surface area (Å²) in [5.74, 6) is -0.870. The Morgan fingerprint density at radius 2 is 2.26 bits per heavy atom. The quantitative estimate of drug-likeness (QED) is 0.778. The lowest BCUT2D eigenvalue weighted by molar-refractivity contribution is -0.138. The normalized spacial score (nSPS) is 11.2. The topological polar surface area (TPSA) is 67.6 Å². The maximum Gasteiger partial charge on any atom is 0.317 e. The van der Waals surface area contributed by atoms with Gasteiger partial charge in [-0.15, -0.1) is 0 Å². The van der Waals surface area contributed by atoms with Crippen molar-refractivity contribution in [3.05, 3.63) is 16.4 Å². The van der Waals surface area contributed by atoms with Crippen LogP contribution in [-0.2, 0) is 29.5 Å².